The van der Waals surface area contributed by atoms with E-state index in [0.717, 1.165) is 62.1 Å². The number of carbonyl (C=O) groups is 1. The zero-order valence-corrected chi connectivity index (χ0v) is 16.6. The number of anilines is 1. The molecule has 1 amide bonds. The number of aromatic nitrogens is 3. The molecule has 1 aliphatic carbocycles. The van der Waals surface area contributed by atoms with Gasteiger partial charge in [-0.3, -0.25) is 4.79 Å². The molecule has 2 aromatic heterocycles. The Balaban J connectivity index is 1.25. The van der Waals surface area contributed by atoms with Crippen LogP contribution < -0.4 is 10.2 Å². The molecule has 7 heteroatoms. The molecule has 0 unspecified atom stereocenters. The molecule has 0 saturated carbocycles. The Morgan fingerprint density at radius 1 is 1.17 bits per heavy atom. The fourth-order valence-corrected chi connectivity index (χ4v) is 4.69. The predicted octanol–water partition coefficient (Wildman–Crippen LogP) is 3.34. The Hall–Kier alpha value is -2.96. The summed E-state index contributed by atoms with van der Waals surface area (Å²) in [5, 5.41) is 8.21. The molecule has 1 saturated heterocycles. The fraction of sp³-hybridized carbons (Fsp3) is 0.455. The molecule has 3 heterocycles. The van der Waals surface area contributed by atoms with Crippen LogP contribution in [0, 0.1) is 12.8 Å². The first kappa shape index (κ1) is 18.1. The van der Waals surface area contributed by atoms with Gasteiger partial charge in [0, 0.05) is 19.0 Å². The van der Waals surface area contributed by atoms with Crippen molar-refractivity contribution in [3.8, 4) is 0 Å². The molecule has 2 aliphatic rings. The van der Waals surface area contributed by atoms with Gasteiger partial charge in [0.25, 0.3) is 5.71 Å². The molecule has 1 aliphatic heterocycles. The smallest absolute Gasteiger partial charge is 0.263 e. The zero-order valence-electron chi connectivity index (χ0n) is 16.6. The number of benzene rings is 1. The van der Waals surface area contributed by atoms with Crippen molar-refractivity contribution in [2.45, 2.75) is 45.1 Å². The number of aryl methyl sites for hydroxylation is 2. The topological polar surface area (TPSA) is 84.2 Å². The quantitative estimate of drug-likeness (QED) is 0.737. The molecule has 1 N–H and O–H groups in total. The Morgan fingerprint density at radius 2 is 2.00 bits per heavy atom. The van der Waals surface area contributed by atoms with Crippen LogP contribution in [0.4, 0.5) is 5.82 Å². The van der Waals surface area contributed by atoms with Gasteiger partial charge in [0.15, 0.2) is 0 Å². The van der Waals surface area contributed by atoms with E-state index in [1.54, 1.807) is 0 Å². The van der Waals surface area contributed by atoms with Crippen LogP contribution in [0.3, 0.4) is 0 Å². The van der Waals surface area contributed by atoms with Gasteiger partial charge in [0.1, 0.15) is 17.5 Å². The van der Waals surface area contributed by atoms with Gasteiger partial charge >= 0.3 is 0 Å². The normalized spacial score (nSPS) is 19.9. The monoisotopic (exact) mass is 391 g/mol. The van der Waals surface area contributed by atoms with Crippen molar-refractivity contribution in [1.82, 2.24) is 20.4 Å². The minimum absolute atomic E-state index is 0.0428. The zero-order chi connectivity index (χ0) is 19.8. The molecule has 0 spiro atoms. The molecule has 0 radical (unpaired) electrons. The lowest BCUT2D eigenvalue weighted by Crippen LogP contribution is -2.42. The molecular formula is C22H25N5O2. The van der Waals surface area contributed by atoms with Crippen molar-refractivity contribution in [2.75, 3.05) is 18.0 Å². The maximum Gasteiger partial charge on any atom is 0.263 e. The second kappa shape index (κ2) is 7.46. The summed E-state index contributed by atoms with van der Waals surface area (Å²) in [5.74, 6) is 1.08. The van der Waals surface area contributed by atoms with Crippen molar-refractivity contribution >= 4 is 22.8 Å². The van der Waals surface area contributed by atoms with Crippen LogP contribution in [0.25, 0.3) is 11.1 Å². The number of hydrogen-bond acceptors (Lipinski definition) is 6. The molecular weight excluding hydrogens is 366 g/mol. The Kier molecular flexibility index (Phi) is 4.66. The highest BCUT2D eigenvalue weighted by molar-refractivity contribution is 5.88. The van der Waals surface area contributed by atoms with Crippen molar-refractivity contribution in [3.63, 3.8) is 0 Å². The highest BCUT2D eigenvalue weighted by Crippen LogP contribution is 2.32. The first-order valence-corrected chi connectivity index (χ1v) is 10.4. The van der Waals surface area contributed by atoms with Crippen molar-refractivity contribution in [2.24, 2.45) is 5.92 Å². The molecule has 29 heavy (non-hydrogen) atoms. The lowest BCUT2D eigenvalue weighted by molar-refractivity contribution is -0.126. The largest absolute Gasteiger partial charge is 0.356 e. The van der Waals surface area contributed by atoms with E-state index in [1.807, 2.05) is 6.92 Å². The summed E-state index contributed by atoms with van der Waals surface area (Å²) in [7, 11) is 0. The van der Waals surface area contributed by atoms with E-state index < -0.39 is 0 Å². The second-order valence-electron chi connectivity index (χ2n) is 8.06. The highest BCUT2D eigenvalue weighted by Gasteiger charge is 2.30. The lowest BCUT2D eigenvalue weighted by Gasteiger charge is -2.34. The first-order valence-electron chi connectivity index (χ1n) is 10.4. The average molecular weight is 391 g/mol. The number of amides is 1. The molecule has 1 atom stereocenters. The summed E-state index contributed by atoms with van der Waals surface area (Å²) in [4.78, 5) is 23.8. The number of hydrogen-bond donors (Lipinski definition) is 1. The Morgan fingerprint density at radius 3 is 2.86 bits per heavy atom. The van der Waals surface area contributed by atoms with E-state index in [9.17, 15) is 4.79 Å². The van der Waals surface area contributed by atoms with Gasteiger partial charge in [-0.25, -0.2) is 4.98 Å². The standard InChI is InChI=1S/C22H25N5O2/c1-14-19-20(23-13-24-22(19)29-26-14)27-11-9-16(10-12-27)21(28)25-18-8-4-6-15-5-2-3-7-17(15)18/h2-3,5,7,13,16,18H,4,6,8-12H2,1H3,(H,25,28)/t18-/m1/s1. The number of carbonyl (C=O) groups excluding carboxylic acids is 1. The van der Waals surface area contributed by atoms with Crippen molar-refractivity contribution in [1.29, 1.82) is 0 Å². The fourth-order valence-electron chi connectivity index (χ4n) is 4.69. The number of nitrogens with one attached hydrogen (secondary N) is 1. The van der Waals surface area contributed by atoms with E-state index in [2.05, 4.69) is 49.6 Å². The third-order valence-corrected chi connectivity index (χ3v) is 6.27. The van der Waals surface area contributed by atoms with Gasteiger partial charge in [-0.1, -0.05) is 29.4 Å². The van der Waals surface area contributed by atoms with E-state index in [-0.39, 0.29) is 17.9 Å². The predicted molar refractivity (Wildman–Crippen MR) is 110 cm³/mol. The van der Waals surface area contributed by atoms with Crippen molar-refractivity contribution < 1.29 is 9.32 Å². The molecule has 150 valence electrons. The number of nitrogens with zero attached hydrogens (tertiary/aromatic N) is 4. The van der Waals surface area contributed by atoms with Crippen LogP contribution in [-0.4, -0.2) is 34.1 Å². The molecule has 1 fully saturated rings. The Bertz CT molecular complexity index is 1040. The third-order valence-electron chi connectivity index (χ3n) is 6.27. The van der Waals surface area contributed by atoms with Gasteiger partial charge in [-0.15, -0.1) is 0 Å². The number of piperidine rings is 1. The first-order chi connectivity index (χ1) is 14.2. The average Bonchev–Trinajstić information content (AvgIpc) is 3.15. The highest BCUT2D eigenvalue weighted by atomic mass is 16.5. The van der Waals surface area contributed by atoms with Gasteiger partial charge < -0.3 is 14.7 Å². The summed E-state index contributed by atoms with van der Waals surface area (Å²) in [6, 6.07) is 8.63. The minimum Gasteiger partial charge on any atom is -0.356 e. The summed E-state index contributed by atoms with van der Waals surface area (Å²) in [6.45, 7) is 3.48. The van der Waals surface area contributed by atoms with Gasteiger partial charge in [0.05, 0.1) is 11.7 Å². The number of rotatable bonds is 3. The van der Waals surface area contributed by atoms with Crippen LogP contribution in [0.15, 0.2) is 35.1 Å². The second-order valence-corrected chi connectivity index (χ2v) is 8.06. The molecule has 3 aromatic rings. The van der Waals surface area contributed by atoms with E-state index in [4.69, 9.17) is 4.52 Å². The Labute approximate surface area is 169 Å². The molecule has 5 rings (SSSR count). The summed E-state index contributed by atoms with van der Waals surface area (Å²) < 4.78 is 5.26. The third kappa shape index (κ3) is 3.34. The summed E-state index contributed by atoms with van der Waals surface area (Å²) >= 11 is 0. The van der Waals surface area contributed by atoms with Crippen LogP contribution in [0.2, 0.25) is 0 Å². The van der Waals surface area contributed by atoms with Crippen molar-refractivity contribution in [3.05, 3.63) is 47.4 Å². The SMILES string of the molecule is Cc1noc2ncnc(N3CCC(C(=O)N[C@@H]4CCCc5ccccc54)CC3)c12. The van der Waals surface area contributed by atoms with E-state index in [1.165, 1.54) is 17.5 Å². The maximum absolute atomic E-state index is 13.0. The molecule has 7 nitrogen and oxygen atoms in total. The van der Waals surface area contributed by atoms with Crippen LogP contribution in [0.1, 0.15) is 48.5 Å². The van der Waals surface area contributed by atoms with Gasteiger partial charge in [-0.05, 0) is 50.2 Å². The minimum atomic E-state index is 0.0428. The lowest BCUT2D eigenvalue weighted by atomic mass is 9.87. The molecule has 1 aromatic carbocycles. The maximum atomic E-state index is 13.0. The van der Waals surface area contributed by atoms with Crippen LogP contribution in [-0.2, 0) is 11.2 Å². The van der Waals surface area contributed by atoms with Gasteiger partial charge in [-0.2, -0.15) is 4.98 Å². The van der Waals surface area contributed by atoms with Gasteiger partial charge in [0.2, 0.25) is 5.91 Å². The molecule has 0 bridgehead atoms. The number of fused-ring (bicyclic) bond motifs is 2. The van der Waals surface area contributed by atoms with Crippen LogP contribution >= 0.6 is 0 Å². The van der Waals surface area contributed by atoms with E-state index in [0.29, 0.717) is 5.71 Å². The van der Waals surface area contributed by atoms with E-state index >= 15 is 0 Å². The summed E-state index contributed by atoms with van der Waals surface area (Å²) in [6.07, 6.45) is 6.40. The summed E-state index contributed by atoms with van der Waals surface area (Å²) in [5.41, 5.74) is 3.97. The van der Waals surface area contributed by atoms with Crippen LogP contribution in [0.5, 0.6) is 0 Å².